The van der Waals surface area contributed by atoms with Gasteiger partial charge < -0.3 is 10.4 Å². The van der Waals surface area contributed by atoms with Crippen molar-refractivity contribution < 1.29 is 14.7 Å². The Hall–Kier alpha value is -1.62. The highest BCUT2D eigenvalue weighted by Gasteiger charge is 2.08. The molecule has 18 heavy (non-hydrogen) atoms. The second-order valence-corrected chi connectivity index (χ2v) is 5.08. The molecule has 5 heteroatoms. The molecule has 0 saturated heterocycles. The van der Waals surface area contributed by atoms with Gasteiger partial charge in [-0.15, -0.1) is 11.3 Å². The topological polar surface area (TPSA) is 66.4 Å². The second-order valence-electron chi connectivity index (χ2n) is 4.13. The number of rotatable bonds is 6. The van der Waals surface area contributed by atoms with E-state index in [1.165, 1.54) is 17.4 Å². The van der Waals surface area contributed by atoms with Crippen molar-refractivity contribution in [2.24, 2.45) is 5.92 Å². The summed E-state index contributed by atoms with van der Waals surface area (Å²) in [6.07, 6.45) is 3.57. The molecule has 0 aliphatic carbocycles. The first-order valence-electron chi connectivity index (χ1n) is 5.80. The van der Waals surface area contributed by atoms with Gasteiger partial charge in [-0.05, 0) is 18.1 Å². The van der Waals surface area contributed by atoms with Crippen LogP contribution in [0.1, 0.15) is 35.5 Å². The van der Waals surface area contributed by atoms with Gasteiger partial charge in [-0.1, -0.05) is 20.3 Å². The first-order chi connectivity index (χ1) is 8.52. The summed E-state index contributed by atoms with van der Waals surface area (Å²) < 4.78 is 0. The lowest BCUT2D eigenvalue weighted by atomic mass is 10.1. The number of carboxylic acid groups (broad SMARTS) is 1. The number of thiophene rings is 1. The normalized spacial score (nSPS) is 12.6. The van der Waals surface area contributed by atoms with Crippen molar-refractivity contribution in [2.75, 3.05) is 6.54 Å². The predicted molar refractivity (Wildman–Crippen MR) is 72.8 cm³/mol. The van der Waals surface area contributed by atoms with Crippen LogP contribution in [0.4, 0.5) is 0 Å². The predicted octanol–water partition coefficient (Wildman–Crippen LogP) is 2.62. The molecule has 1 unspecified atom stereocenters. The van der Waals surface area contributed by atoms with Crippen molar-refractivity contribution in [2.45, 2.75) is 20.3 Å². The summed E-state index contributed by atoms with van der Waals surface area (Å²) in [6.45, 7) is 4.82. The van der Waals surface area contributed by atoms with Gasteiger partial charge >= 0.3 is 5.97 Å². The summed E-state index contributed by atoms with van der Waals surface area (Å²) in [5.74, 6) is -0.647. The average molecular weight is 267 g/mol. The van der Waals surface area contributed by atoms with Crippen molar-refractivity contribution in [3.05, 3.63) is 28.0 Å². The zero-order valence-electron chi connectivity index (χ0n) is 10.5. The molecule has 0 saturated carbocycles. The second kappa shape index (κ2) is 6.96. The molecule has 98 valence electrons. The summed E-state index contributed by atoms with van der Waals surface area (Å²) in [5, 5.41) is 13.1. The van der Waals surface area contributed by atoms with Crippen molar-refractivity contribution in [3.63, 3.8) is 0 Å². The Bertz CT molecular complexity index is 451. The minimum atomic E-state index is -0.994. The molecule has 1 aromatic heterocycles. The fourth-order valence-electron chi connectivity index (χ4n) is 1.23. The molecule has 1 aromatic rings. The number of carbonyl (C=O) groups is 2. The Morgan fingerprint density at radius 2 is 2.28 bits per heavy atom. The molecule has 0 spiro atoms. The smallest absolute Gasteiger partial charge is 0.328 e. The van der Waals surface area contributed by atoms with E-state index in [2.05, 4.69) is 19.2 Å². The van der Waals surface area contributed by atoms with E-state index in [4.69, 9.17) is 5.11 Å². The minimum absolute atomic E-state index is 0.110. The Morgan fingerprint density at radius 1 is 1.56 bits per heavy atom. The van der Waals surface area contributed by atoms with Gasteiger partial charge in [0.1, 0.15) is 0 Å². The first kappa shape index (κ1) is 14.4. The quantitative estimate of drug-likeness (QED) is 0.779. The van der Waals surface area contributed by atoms with Gasteiger partial charge in [0.25, 0.3) is 5.91 Å². The standard InChI is InChI=1S/C13H17NO3S/c1-3-9(2)7-14-13(17)10-6-11(18-8-10)4-5-12(15)16/h4-6,8-9H,3,7H2,1-2H3,(H,14,17)(H,15,16). The monoisotopic (exact) mass is 267 g/mol. The van der Waals surface area contributed by atoms with Crippen molar-refractivity contribution in [1.82, 2.24) is 5.32 Å². The first-order valence-corrected chi connectivity index (χ1v) is 6.68. The number of aliphatic carboxylic acids is 1. The molecule has 1 atom stereocenters. The van der Waals surface area contributed by atoms with E-state index < -0.39 is 5.97 Å². The lowest BCUT2D eigenvalue weighted by molar-refractivity contribution is -0.131. The van der Waals surface area contributed by atoms with Crippen molar-refractivity contribution >= 4 is 29.3 Å². The molecule has 2 N–H and O–H groups in total. The zero-order chi connectivity index (χ0) is 13.5. The molecule has 4 nitrogen and oxygen atoms in total. The lowest BCUT2D eigenvalue weighted by Gasteiger charge is -2.08. The molecule has 0 bridgehead atoms. The Balaban J connectivity index is 2.57. The summed E-state index contributed by atoms with van der Waals surface area (Å²) in [5.41, 5.74) is 0.577. The Morgan fingerprint density at radius 3 is 2.89 bits per heavy atom. The van der Waals surface area contributed by atoms with Crippen LogP contribution in [0.15, 0.2) is 17.5 Å². The average Bonchev–Trinajstić information content (AvgIpc) is 2.81. The van der Waals surface area contributed by atoms with Gasteiger partial charge in [-0.25, -0.2) is 4.79 Å². The maximum atomic E-state index is 11.8. The van der Waals surface area contributed by atoms with Gasteiger partial charge in [0.2, 0.25) is 0 Å². The SMILES string of the molecule is CCC(C)CNC(=O)c1csc(C=CC(=O)O)c1. The molecule has 1 rings (SSSR count). The van der Waals surface area contributed by atoms with Gasteiger partial charge in [0.05, 0.1) is 5.56 Å². The third-order valence-corrected chi connectivity index (χ3v) is 3.48. The van der Waals surface area contributed by atoms with Crippen LogP contribution >= 0.6 is 11.3 Å². The van der Waals surface area contributed by atoms with Crippen LogP contribution in [0.2, 0.25) is 0 Å². The molecule has 0 aliphatic heterocycles. The molecule has 1 heterocycles. The van der Waals surface area contributed by atoms with E-state index in [1.807, 2.05) is 0 Å². The van der Waals surface area contributed by atoms with Gasteiger partial charge in [-0.3, -0.25) is 4.79 Å². The van der Waals surface area contributed by atoms with Gasteiger partial charge in [0.15, 0.2) is 0 Å². The summed E-state index contributed by atoms with van der Waals surface area (Å²) in [4.78, 5) is 22.9. The molecule has 0 aliphatic rings. The van der Waals surface area contributed by atoms with Crippen LogP contribution in [-0.4, -0.2) is 23.5 Å². The fourth-order valence-corrected chi connectivity index (χ4v) is 2.01. The molecule has 0 fully saturated rings. The van der Waals surface area contributed by atoms with E-state index in [1.54, 1.807) is 11.4 Å². The van der Waals surface area contributed by atoms with E-state index in [-0.39, 0.29) is 5.91 Å². The molecular weight excluding hydrogens is 250 g/mol. The molecule has 1 amide bonds. The number of nitrogens with one attached hydrogen (secondary N) is 1. The van der Waals surface area contributed by atoms with Crippen LogP contribution < -0.4 is 5.32 Å². The van der Waals surface area contributed by atoms with Crippen LogP contribution in [0, 0.1) is 5.92 Å². The van der Waals surface area contributed by atoms with Crippen molar-refractivity contribution in [3.8, 4) is 0 Å². The summed E-state index contributed by atoms with van der Waals surface area (Å²) >= 11 is 1.35. The largest absolute Gasteiger partial charge is 0.478 e. The maximum Gasteiger partial charge on any atom is 0.328 e. The minimum Gasteiger partial charge on any atom is -0.478 e. The van der Waals surface area contributed by atoms with E-state index >= 15 is 0 Å². The zero-order valence-corrected chi connectivity index (χ0v) is 11.3. The molecular formula is C13H17NO3S. The van der Waals surface area contributed by atoms with Crippen LogP contribution in [0.5, 0.6) is 0 Å². The number of amides is 1. The number of carbonyl (C=O) groups excluding carboxylic acids is 1. The van der Waals surface area contributed by atoms with E-state index in [0.717, 1.165) is 17.4 Å². The van der Waals surface area contributed by atoms with Gasteiger partial charge in [0, 0.05) is 22.9 Å². The molecule has 0 radical (unpaired) electrons. The van der Waals surface area contributed by atoms with E-state index in [0.29, 0.717) is 18.0 Å². The number of carboxylic acids is 1. The van der Waals surface area contributed by atoms with Crippen LogP contribution in [0.25, 0.3) is 6.08 Å². The third-order valence-electron chi connectivity index (χ3n) is 2.58. The van der Waals surface area contributed by atoms with Gasteiger partial charge in [-0.2, -0.15) is 0 Å². The van der Waals surface area contributed by atoms with Crippen LogP contribution in [-0.2, 0) is 4.79 Å². The Kier molecular flexibility index (Phi) is 5.58. The number of hydrogen-bond donors (Lipinski definition) is 2. The van der Waals surface area contributed by atoms with Crippen molar-refractivity contribution in [1.29, 1.82) is 0 Å². The fraction of sp³-hybridized carbons (Fsp3) is 0.385. The highest BCUT2D eigenvalue weighted by Crippen LogP contribution is 2.16. The maximum absolute atomic E-state index is 11.8. The highest BCUT2D eigenvalue weighted by atomic mass is 32.1. The molecule has 0 aromatic carbocycles. The number of hydrogen-bond acceptors (Lipinski definition) is 3. The Labute approximate surface area is 110 Å². The summed E-state index contributed by atoms with van der Waals surface area (Å²) in [6, 6.07) is 1.69. The highest BCUT2D eigenvalue weighted by molar-refractivity contribution is 7.11. The van der Waals surface area contributed by atoms with E-state index in [9.17, 15) is 9.59 Å². The van der Waals surface area contributed by atoms with Crippen LogP contribution in [0.3, 0.4) is 0 Å². The lowest BCUT2D eigenvalue weighted by Crippen LogP contribution is -2.27. The summed E-state index contributed by atoms with van der Waals surface area (Å²) in [7, 11) is 0. The third kappa shape index (κ3) is 4.71.